The number of hydrogen-bond donors (Lipinski definition) is 1. The highest BCUT2D eigenvalue weighted by molar-refractivity contribution is 7.92. The van der Waals surface area contributed by atoms with Gasteiger partial charge in [-0.15, -0.1) is 0 Å². The molecule has 0 amide bonds. The summed E-state index contributed by atoms with van der Waals surface area (Å²) in [6.45, 7) is 0. The lowest BCUT2D eigenvalue weighted by atomic mass is 10.1. The average molecular weight is 344 g/mol. The zero-order valence-corrected chi connectivity index (χ0v) is 13.7. The maximum absolute atomic E-state index is 12.3. The summed E-state index contributed by atoms with van der Waals surface area (Å²) < 4.78 is 27.2. The van der Waals surface area contributed by atoms with Crippen LogP contribution < -0.4 is 4.72 Å². The van der Waals surface area contributed by atoms with Gasteiger partial charge in [-0.1, -0.05) is 54.1 Å². The highest BCUT2D eigenvalue weighted by Gasteiger charge is 2.13. The molecule has 0 atom stereocenters. The van der Waals surface area contributed by atoms with Gasteiger partial charge in [0.15, 0.2) is 0 Å². The molecular formula is C18H14ClNO2S. The monoisotopic (exact) mass is 343 g/mol. The molecule has 116 valence electrons. The van der Waals surface area contributed by atoms with Crippen LogP contribution in [0.3, 0.4) is 0 Å². The molecule has 0 unspecified atom stereocenters. The van der Waals surface area contributed by atoms with Crippen molar-refractivity contribution in [3.05, 3.63) is 83.9 Å². The van der Waals surface area contributed by atoms with E-state index in [9.17, 15) is 8.42 Å². The van der Waals surface area contributed by atoms with E-state index in [1.165, 1.54) is 12.1 Å². The van der Waals surface area contributed by atoms with E-state index in [1.807, 2.05) is 42.5 Å². The molecule has 0 aromatic heterocycles. The number of halogens is 1. The second kappa shape index (κ2) is 6.44. The van der Waals surface area contributed by atoms with Crippen molar-refractivity contribution in [2.24, 2.45) is 0 Å². The summed E-state index contributed by atoms with van der Waals surface area (Å²) in [6.07, 6.45) is 0. The summed E-state index contributed by atoms with van der Waals surface area (Å²) in [5.41, 5.74) is 2.62. The molecule has 0 aliphatic rings. The lowest BCUT2D eigenvalue weighted by molar-refractivity contribution is 0.601. The number of anilines is 1. The summed E-state index contributed by atoms with van der Waals surface area (Å²) >= 11 is 5.78. The maximum atomic E-state index is 12.3. The summed E-state index contributed by atoms with van der Waals surface area (Å²) in [6, 6.07) is 23.2. The van der Waals surface area contributed by atoms with E-state index in [0.29, 0.717) is 10.7 Å². The van der Waals surface area contributed by atoms with E-state index in [1.54, 1.807) is 24.3 Å². The van der Waals surface area contributed by atoms with Crippen LogP contribution in [0.2, 0.25) is 5.02 Å². The molecule has 3 nitrogen and oxygen atoms in total. The molecule has 3 aromatic carbocycles. The Morgan fingerprint density at radius 1 is 0.696 bits per heavy atom. The van der Waals surface area contributed by atoms with Crippen molar-refractivity contribution < 1.29 is 8.42 Å². The number of benzene rings is 3. The topological polar surface area (TPSA) is 46.2 Å². The second-order valence-electron chi connectivity index (χ2n) is 5.00. The van der Waals surface area contributed by atoms with Gasteiger partial charge in [0.2, 0.25) is 0 Å². The van der Waals surface area contributed by atoms with Crippen molar-refractivity contribution in [3.63, 3.8) is 0 Å². The molecule has 3 aromatic rings. The Morgan fingerprint density at radius 3 is 1.87 bits per heavy atom. The van der Waals surface area contributed by atoms with Gasteiger partial charge in [0.1, 0.15) is 0 Å². The summed E-state index contributed by atoms with van der Waals surface area (Å²) in [7, 11) is -3.62. The summed E-state index contributed by atoms with van der Waals surface area (Å²) in [5, 5.41) is 0.496. The van der Waals surface area contributed by atoms with Gasteiger partial charge in [-0.2, -0.15) is 0 Å². The molecule has 0 spiro atoms. The van der Waals surface area contributed by atoms with E-state index >= 15 is 0 Å². The van der Waals surface area contributed by atoms with Crippen LogP contribution >= 0.6 is 11.6 Å². The Kier molecular flexibility index (Phi) is 4.37. The van der Waals surface area contributed by atoms with Crippen LogP contribution in [-0.4, -0.2) is 8.42 Å². The number of rotatable bonds is 4. The van der Waals surface area contributed by atoms with Crippen molar-refractivity contribution in [1.29, 1.82) is 0 Å². The zero-order valence-electron chi connectivity index (χ0n) is 12.1. The van der Waals surface area contributed by atoms with Crippen molar-refractivity contribution in [2.45, 2.75) is 4.90 Å². The van der Waals surface area contributed by atoms with Crippen molar-refractivity contribution in [1.82, 2.24) is 0 Å². The van der Waals surface area contributed by atoms with Crippen molar-refractivity contribution in [3.8, 4) is 11.1 Å². The molecule has 5 heteroatoms. The first-order chi connectivity index (χ1) is 11.0. The van der Waals surface area contributed by atoms with Crippen LogP contribution in [0, 0.1) is 0 Å². The third-order valence-electron chi connectivity index (χ3n) is 3.37. The molecule has 3 rings (SSSR count). The van der Waals surface area contributed by atoms with Gasteiger partial charge in [0.05, 0.1) is 4.90 Å². The molecule has 0 fully saturated rings. The molecule has 0 aliphatic heterocycles. The van der Waals surface area contributed by atoms with Gasteiger partial charge in [-0.25, -0.2) is 8.42 Å². The highest BCUT2D eigenvalue weighted by atomic mass is 35.5. The first-order valence-electron chi connectivity index (χ1n) is 6.98. The lowest BCUT2D eigenvalue weighted by Crippen LogP contribution is -2.12. The van der Waals surface area contributed by atoms with Gasteiger partial charge in [0.25, 0.3) is 10.0 Å². The Labute approximate surface area is 140 Å². The molecule has 0 bridgehead atoms. The van der Waals surface area contributed by atoms with Crippen LogP contribution in [0.25, 0.3) is 11.1 Å². The van der Waals surface area contributed by atoms with Crippen LogP contribution in [0.4, 0.5) is 5.69 Å². The van der Waals surface area contributed by atoms with Crippen LogP contribution in [0.1, 0.15) is 0 Å². The Bertz CT molecular complexity index is 890. The lowest BCUT2D eigenvalue weighted by Gasteiger charge is -2.09. The SMILES string of the molecule is O=S(=O)(Nc1ccc(-c2ccccc2)cc1)c1ccc(Cl)cc1. The minimum atomic E-state index is -3.62. The first-order valence-corrected chi connectivity index (χ1v) is 8.85. The van der Waals surface area contributed by atoms with E-state index in [-0.39, 0.29) is 4.90 Å². The average Bonchev–Trinajstić information content (AvgIpc) is 2.56. The zero-order chi connectivity index (χ0) is 16.3. The molecule has 0 heterocycles. The van der Waals surface area contributed by atoms with Gasteiger partial charge in [-0.3, -0.25) is 4.72 Å². The fourth-order valence-corrected chi connectivity index (χ4v) is 3.37. The third kappa shape index (κ3) is 3.73. The van der Waals surface area contributed by atoms with Crippen LogP contribution in [0.15, 0.2) is 83.8 Å². The minimum absolute atomic E-state index is 0.175. The maximum Gasteiger partial charge on any atom is 0.261 e. The fraction of sp³-hybridized carbons (Fsp3) is 0. The molecule has 0 radical (unpaired) electrons. The van der Waals surface area contributed by atoms with E-state index < -0.39 is 10.0 Å². The van der Waals surface area contributed by atoms with Crippen molar-refractivity contribution >= 4 is 27.3 Å². The molecule has 0 saturated heterocycles. The van der Waals surface area contributed by atoms with Crippen molar-refractivity contribution in [2.75, 3.05) is 4.72 Å². The summed E-state index contributed by atoms with van der Waals surface area (Å²) in [4.78, 5) is 0.175. The van der Waals surface area contributed by atoms with Crippen LogP contribution in [-0.2, 0) is 10.0 Å². The Hall–Kier alpha value is -2.30. The second-order valence-corrected chi connectivity index (χ2v) is 7.12. The highest BCUT2D eigenvalue weighted by Crippen LogP contribution is 2.23. The van der Waals surface area contributed by atoms with E-state index in [4.69, 9.17) is 11.6 Å². The Morgan fingerprint density at radius 2 is 1.26 bits per heavy atom. The van der Waals surface area contributed by atoms with E-state index in [0.717, 1.165) is 11.1 Å². The largest absolute Gasteiger partial charge is 0.280 e. The quantitative estimate of drug-likeness (QED) is 0.739. The molecule has 1 N–H and O–H groups in total. The number of nitrogens with one attached hydrogen (secondary N) is 1. The standard InChI is InChI=1S/C18H14ClNO2S/c19-16-8-12-18(13-9-16)23(21,22)20-17-10-6-15(7-11-17)14-4-2-1-3-5-14/h1-13,20H. The van der Waals surface area contributed by atoms with Gasteiger partial charge < -0.3 is 0 Å². The molecular weight excluding hydrogens is 330 g/mol. The summed E-state index contributed by atoms with van der Waals surface area (Å²) in [5.74, 6) is 0. The predicted octanol–water partition coefficient (Wildman–Crippen LogP) is 4.81. The smallest absolute Gasteiger partial charge is 0.261 e. The third-order valence-corrected chi connectivity index (χ3v) is 5.02. The normalized spacial score (nSPS) is 11.2. The molecule has 0 saturated carbocycles. The molecule has 0 aliphatic carbocycles. The number of sulfonamides is 1. The van der Waals surface area contributed by atoms with E-state index in [2.05, 4.69) is 4.72 Å². The van der Waals surface area contributed by atoms with Crippen LogP contribution in [0.5, 0.6) is 0 Å². The van der Waals surface area contributed by atoms with Gasteiger partial charge >= 0.3 is 0 Å². The molecule has 23 heavy (non-hydrogen) atoms. The van der Waals surface area contributed by atoms with Gasteiger partial charge in [0, 0.05) is 10.7 Å². The first kappa shape index (κ1) is 15.6. The minimum Gasteiger partial charge on any atom is -0.280 e. The number of hydrogen-bond acceptors (Lipinski definition) is 2. The Balaban J connectivity index is 1.82. The fourth-order valence-electron chi connectivity index (χ4n) is 2.19. The predicted molar refractivity (Wildman–Crippen MR) is 94.1 cm³/mol. The van der Waals surface area contributed by atoms with Gasteiger partial charge in [-0.05, 0) is 47.5 Å².